The lowest BCUT2D eigenvalue weighted by molar-refractivity contribution is -0.193. The summed E-state index contributed by atoms with van der Waals surface area (Å²) in [6.07, 6.45) is 22.0. The van der Waals surface area contributed by atoms with Gasteiger partial charge >= 0.3 is 0 Å². The molecule has 1 spiro atoms. The minimum absolute atomic E-state index is 0.0239. The van der Waals surface area contributed by atoms with Crippen LogP contribution in [0.1, 0.15) is 184 Å². The van der Waals surface area contributed by atoms with Gasteiger partial charge in [-0.1, -0.05) is 93.5 Å². The Morgan fingerprint density at radius 2 is 1.66 bits per heavy atom. The number of nitrogens with one attached hydrogen (secondary N) is 2. The van der Waals surface area contributed by atoms with Gasteiger partial charge in [0.05, 0.1) is 37.6 Å². The van der Waals surface area contributed by atoms with Gasteiger partial charge in [0.25, 0.3) is 0 Å². The standard InChI is InChI=1S/C78H91N3O9/c1-46(2)30-54-34-53-37-64-56(42-82)38-69(86)74(72(54)64)89-43-57-36-59(78-58-22-20-50-12-9-13-51(73(50)78)21-26-70(78)77(90-44-58)28-5-4-6-29-77)35-55-40-81(41-65(55)57)76-66-45-88-61(39-68(53)85)15-8-10-47(18-23-62(66)63-24-27-71(87-3)79-75(63)80-76)16-17-48-19-25-67(84)52(31-48)32-49-11-7-14-60(83)33-49/h7,9,11-14,19,25,31,33,35-36,38,40-41,46-47,53-54,58,61,68,70-71,75,79-80,82-86H,4-6,8,10,15-17,20-22,24,26-30,32,34,37,39,42-45H2,1-3H3/t47-,53-,54+,58-,61+,68+,70+,71-,75?,78+/m1/s1. The van der Waals surface area contributed by atoms with Crippen LogP contribution in [0.2, 0.25) is 0 Å². The molecule has 1 saturated carbocycles. The zero-order valence-corrected chi connectivity index (χ0v) is 52.9. The molecule has 90 heavy (non-hydrogen) atoms. The van der Waals surface area contributed by atoms with Crippen LogP contribution in [0, 0.1) is 41.4 Å². The number of piperidine rings is 1. The number of hydrogen-bond acceptors (Lipinski definition) is 11. The van der Waals surface area contributed by atoms with E-state index < -0.39 is 6.10 Å². The van der Waals surface area contributed by atoms with Gasteiger partial charge in [0.2, 0.25) is 0 Å². The number of aromatic nitrogens is 1. The van der Waals surface area contributed by atoms with Crippen LogP contribution in [0.15, 0.2) is 108 Å². The number of fused-ring (bicyclic) bond motifs is 5. The van der Waals surface area contributed by atoms with Gasteiger partial charge in [-0.2, -0.15) is 0 Å². The van der Waals surface area contributed by atoms with Crippen molar-refractivity contribution in [1.82, 2.24) is 15.2 Å². The zero-order chi connectivity index (χ0) is 61.4. The highest BCUT2D eigenvalue weighted by atomic mass is 16.5. The van der Waals surface area contributed by atoms with Crippen molar-refractivity contribution in [2.24, 2.45) is 29.6 Å². The highest BCUT2D eigenvalue weighted by Gasteiger charge is 2.63. The summed E-state index contributed by atoms with van der Waals surface area (Å²) in [5.41, 5.74) is 15.2. The lowest BCUT2D eigenvalue weighted by Gasteiger charge is -2.63. The summed E-state index contributed by atoms with van der Waals surface area (Å²) in [7, 11) is 1.78. The predicted molar refractivity (Wildman–Crippen MR) is 350 cm³/mol. The number of ether oxygens (including phenoxy) is 4. The third-order valence-corrected chi connectivity index (χ3v) is 23.1. The van der Waals surface area contributed by atoms with Crippen LogP contribution < -0.4 is 15.4 Å². The van der Waals surface area contributed by atoms with E-state index in [1.165, 1.54) is 41.5 Å². The molecule has 1 aromatic heterocycles. The number of aryl methyl sites for hydroxylation is 3. The van der Waals surface area contributed by atoms with E-state index in [2.05, 4.69) is 89.7 Å². The van der Waals surface area contributed by atoms with Crippen LogP contribution >= 0.6 is 0 Å². The molecule has 8 bridgehead atoms. The summed E-state index contributed by atoms with van der Waals surface area (Å²) >= 11 is 0. The molecule has 10 aliphatic rings. The summed E-state index contributed by atoms with van der Waals surface area (Å²) in [6.45, 7) is 5.53. The normalized spacial score (nSPS) is 28.5. The van der Waals surface area contributed by atoms with E-state index in [4.69, 9.17) is 18.9 Å². The van der Waals surface area contributed by atoms with Crippen LogP contribution in [0.5, 0.6) is 23.0 Å². The average molecular weight is 1210 g/mol. The third-order valence-electron chi connectivity index (χ3n) is 23.1. The minimum atomic E-state index is -0.694. The molecule has 3 fully saturated rings. The molecule has 0 amide bonds. The molecule has 10 atom stereocenters. The van der Waals surface area contributed by atoms with E-state index in [1.54, 1.807) is 36.9 Å². The molecule has 6 aliphatic heterocycles. The number of rotatable bonds is 10. The van der Waals surface area contributed by atoms with Crippen molar-refractivity contribution < 1.29 is 44.5 Å². The van der Waals surface area contributed by atoms with Crippen molar-refractivity contribution in [3.63, 3.8) is 0 Å². The summed E-state index contributed by atoms with van der Waals surface area (Å²) < 4.78 is 30.5. The van der Waals surface area contributed by atoms with Crippen molar-refractivity contribution in [2.45, 2.75) is 203 Å². The first-order valence-corrected chi connectivity index (χ1v) is 34.3. The second kappa shape index (κ2) is 24.5. The van der Waals surface area contributed by atoms with Crippen molar-refractivity contribution in [1.29, 1.82) is 0 Å². The summed E-state index contributed by atoms with van der Waals surface area (Å²) in [4.78, 5) is 0. The zero-order valence-electron chi connectivity index (χ0n) is 52.9. The quantitative estimate of drug-likeness (QED) is 0.0653. The molecule has 12 heteroatoms. The molecule has 5 aromatic carbocycles. The maximum Gasteiger partial charge on any atom is 0.165 e. The van der Waals surface area contributed by atoms with Crippen molar-refractivity contribution in [3.8, 4) is 34.8 Å². The molecule has 16 rings (SSSR count). The van der Waals surface area contributed by atoms with E-state index in [9.17, 15) is 25.5 Å². The van der Waals surface area contributed by atoms with Crippen LogP contribution in [0.25, 0.3) is 16.6 Å². The molecule has 12 nitrogen and oxygen atoms in total. The molecule has 4 aliphatic carbocycles. The van der Waals surface area contributed by atoms with Crippen molar-refractivity contribution in [2.75, 3.05) is 20.3 Å². The fourth-order valence-electron chi connectivity index (χ4n) is 19.0. The number of aliphatic hydroxyl groups is 2. The Morgan fingerprint density at radius 3 is 2.48 bits per heavy atom. The number of dihydropyridines is 1. The molecule has 0 radical (unpaired) electrons. The fraction of sp³-hybridized carbons (Fsp3) is 0.513. The number of nitrogens with zero attached hydrogens (tertiary/aromatic N) is 1. The van der Waals surface area contributed by atoms with Crippen molar-refractivity contribution >= 4 is 16.6 Å². The first kappa shape index (κ1) is 59.7. The summed E-state index contributed by atoms with van der Waals surface area (Å²) in [5, 5.41) is 67.7. The second-order valence-corrected chi connectivity index (χ2v) is 28.9. The Morgan fingerprint density at radius 1 is 0.811 bits per heavy atom. The van der Waals surface area contributed by atoms with E-state index in [0.29, 0.717) is 54.9 Å². The highest BCUT2D eigenvalue weighted by molar-refractivity contribution is 5.89. The molecule has 472 valence electrons. The highest BCUT2D eigenvalue weighted by Crippen LogP contribution is 2.65. The number of aliphatic hydroxyl groups excluding tert-OH is 2. The maximum absolute atomic E-state index is 12.8. The number of hydrogen-bond donors (Lipinski definition) is 7. The summed E-state index contributed by atoms with van der Waals surface area (Å²) in [5.74, 6) is 10.6. The maximum atomic E-state index is 12.8. The van der Waals surface area contributed by atoms with Gasteiger partial charge in [-0.05, 0) is 224 Å². The smallest absolute Gasteiger partial charge is 0.165 e. The molecule has 2 saturated heterocycles. The van der Waals surface area contributed by atoms with Gasteiger partial charge in [-0.3, -0.25) is 5.32 Å². The molecule has 1 unspecified atom stereocenters. The Balaban J connectivity index is 0.911. The largest absolute Gasteiger partial charge is 0.508 e. The fourth-order valence-corrected chi connectivity index (χ4v) is 19.0. The van der Waals surface area contributed by atoms with Crippen LogP contribution in [0.3, 0.4) is 0 Å². The van der Waals surface area contributed by atoms with Crippen molar-refractivity contribution in [3.05, 3.63) is 169 Å². The van der Waals surface area contributed by atoms with E-state index >= 15 is 0 Å². The Kier molecular flexibility index (Phi) is 16.2. The average Bonchev–Trinajstić information content (AvgIpc) is 0.745. The first-order valence-electron chi connectivity index (χ1n) is 34.3. The van der Waals surface area contributed by atoms with Gasteiger partial charge in [0.15, 0.2) is 11.5 Å². The van der Waals surface area contributed by atoms with Gasteiger partial charge in [0.1, 0.15) is 36.3 Å². The Bertz CT molecular complexity index is 3840. The number of aromatic hydroxyl groups is 3. The van der Waals surface area contributed by atoms with Gasteiger partial charge in [0, 0.05) is 70.7 Å². The van der Waals surface area contributed by atoms with E-state index in [-0.39, 0.29) is 77.7 Å². The van der Waals surface area contributed by atoms with Gasteiger partial charge in [-0.25, -0.2) is 0 Å². The van der Waals surface area contributed by atoms with E-state index in [0.717, 1.165) is 164 Å². The molecule has 6 aromatic rings. The van der Waals surface area contributed by atoms with E-state index in [1.807, 2.05) is 18.2 Å². The lowest BCUT2D eigenvalue weighted by atomic mass is 9.45. The first-order chi connectivity index (χ1) is 43.9. The SMILES string of the molecule is CO[C@@H]1CCC2=C3C#C[C@@H](CCc4ccc(O)c(Cc5cccc(O)c5)c4)CCC[C@H]4C[C@H](O)[C@H]5Cc6c(CO)cc(O)c(c6[C@@H](CC(C)C)C5)OCc5cc([C@]67c8c9cccc8CC[C@H]6C6(CCCCC6)OC[C@H]7CC9)cc6cn(cc56)C(=C3CO4)NC2N1. The predicted octanol–water partition coefficient (Wildman–Crippen LogP) is 13.6. The molecule has 7 N–H and O–H groups in total. The summed E-state index contributed by atoms with van der Waals surface area (Å²) in [6, 6.07) is 27.1. The Hall–Kier alpha value is -6.56. The number of methoxy groups -OCH3 is 1. The lowest BCUT2D eigenvalue weighted by Crippen LogP contribution is -2.64. The van der Waals surface area contributed by atoms with Gasteiger partial charge < -0.3 is 54.4 Å². The topological polar surface area (TPSA) is 167 Å². The molecule has 7 heterocycles. The molecular formula is C78H91N3O9. The van der Waals surface area contributed by atoms with Crippen LogP contribution in [0.4, 0.5) is 0 Å². The third kappa shape index (κ3) is 10.7. The number of phenolic OH excluding ortho intramolecular Hbond substituents is 3. The number of benzene rings is 5. The monoisotopic (exact) mass is 1210 g/mol. The molecular weight excluding hydrogens is 1120 g/mol. The van der Waals surface area contributed by atoms with Crippen LogP contribution in [-0.4, -0.2) is 80.6 Å². The second-order valence-electron chi connectivity index (χ2n) is 28.9. The van der Waals surface area contributed by atoms with Crippen LogP contribution in [-0.2, 0) is 64.9 Å². The van der Waals surface area contributed by atoms with Gasteiger partial charge in [-0.15, -0.1) is 0 Å². The number of phenols is 3. The minimum Gasteiger partial charge on any atom is -0.508 e. The Labute approximate surface area is 531 Å².